The Kier molecular flexibility index (Phi) is 3.42. The molecule has 0 spiro atoms. The first-order valence-corrected chi connectivity index (χ1v) is 5.92. The van der Waals surface area contributed by atoms with Crippen LogP contribution in [0, 0.1) is 0 Å². The highest BCUT2D eigenvalue weighted by molar-refractivity contribution is 7.13. The van der Waals surface area contributed by atoms with E-state index in [9.17, 15) is 9.59 Å². The Balaban J connectivity index is 2.15. The molecule has 1 aromatic heterocycles. The number of rotatable bonds is 4. The molecular formula is C9H10N4O4S. The van der Waals surface area contributed by atoms with Gasteiger partial charge in [-0.3, -0.25) is 4.79 Å². The van der Waals surface area contributed by atoms with Crippen LogP contribution in [0.2, 0.25) is 0 Å². The molecule has 0 saturated carbocycles. The van der Waals surface area contributed by atoms with Gasteiger partial charge in [0.2, 0.25) is 11.8 Å². The van der Waals surface area contributed by atoms with Crippen molar-refractivity contribution < 1.29 is 19.5 Å². The largest absolute Gasteiger partial charge is 0.476 e. The molecule has 4 N–H and O–H groups in total. The van der Waals surface area contributed by atoms with Crippen LogP contribution in [0.5, 0.6) is 0 Å². The van der Waals surface area contributed by atoms with Gasteiger partial charge in [-0.05, 0) is 0 Å². The number of anilines is 1. The molecule has 0 radical (unpaired) electrons. The van der Waals surface area contributed by atoms with Crippen molar-refractivity contribution in [2.45, 2.75) is 12.5 Å². The van der Waals surface area contributed by atoms with Crippen molar-refractivity contribution in [3.8, 4) is 0 Å². The number of carbonyl (C=O) groups is 2. The summed E-state index contributed by atoms with van der Waals surface area (Å²) in [7, 11) is 0. The molecular weight excluding hydrogens is 260 g/mol. The number of nitrogens with two attached hydrogens (primary N) is 1. The van der Waals surface area contributed by atoms with Crippen molar-refractivity contribution in [2.24, 2.45) is 5.16 Å². The number of aliphatic carboxylic acids is 1. The summed E-state index contributed by atoms with van der Waals surface area (Å²) in [6, 6.07) is 0. The van der Waals surface area contributed by atoms with E-state index in [1.165, 1.54) is 5.38 Å². The molecule has 1 fully saturated rings. The van der Waals surface area contributed by atoms with Crippen LogP contribution in [0.4, 0.5) is 5.13 Å². The Labute approximate surface area is 105 Å². The minimum absolute atomic E-state index is 0.114. The Morgan fingerprint density at radius 2 is 2.50 bits per heavy atom. The Morgan fingerprint density at radius 1 is 1.72 bits per heavy atom. The van der Waals surface area contributed by atoms with Crippen molar-refractivity contribution in [1.82, 2.24) is 10.3 Å². The SMILES string of the molecule is Nc1nc(C(=NO[C@@H]2CCNC2=O)C(=O)O)cs1. The van der Waals surface area contributed by atoms with E-state index in [-0.39, 0.29) is 22.4 Å². The molecule has 9 heteroatoms. The maximum absolute atomic E-state index is 11.2. The zero-order valence-corrected chi connectivity index (χ0v) is 9.94. The van der Waals surface area contributed by atoms with E-state index in [4.69, 9.17) is 15.7 Å². The first-order chi connectivity index (χ1) is 8.58. The van der Waals surface area contributed by atoms with Crippen LogP contribution in [-0.4, -0.2) is 40.3 Å². The van der Waals surface area contributed by atoms with Gasteiger partial charge < -0.3 is 21.0 Å². The van der Waals surface area contributed by atoms with Gasteiger partial charge in [0.05, 0.1) is 0 Å². The monoisotopic (exact) mass is 270 g/mol. The first-order valence-electron chi connectivity index (χ1n) is 5.04. The van der Waals surface area contributed by atoms with Gasteiger partial charge in [0.1, 0.15) is 5.69 Å². The fourth-order valence-corrected chi connectivity index (χ4v) is 1.93. The Morgan fingerprint density at radius 3 is 3.00 bits per heavy atom. The molecule has 0 unspecified atom stereocenters. The van der Waals surface area contributed by atoms with Crippen LogP contribution < -0.4 is 11.1 Å². The number of hydrogen-bond acceptors (Lipinski definition) is 7. The van der Waals surface area contributed by atoms with E-state index in [0.29, 0.717) is 13.0 Å². The molecule has 1 aliphatic rings. The summed E-state index contributed by atoms with van der Waals surface area (Å²) < 4.78 is 0. The molecule has 96 valence electrons. The van der Waals surface area contributed by atoms with Crippen molar-refractivity contribution in [1.29, 1.82) is 0 Å². The summed E-state index contributed by atoms with van der Waals surface area (Å²) in [5.41, 5.74) is 5.15. The van der Waals surface area contributed by atoms with Crippen LogP contribution in [0.1, 0.15) is 12.1 Å². The van der Waals surface area contributed by atoms with Gasteiger partial charge in [0, 0.05) is 18.3 Å². The third kappa shape index (κ3) is 2.56. The van der Waals surface area contributed by atoms with E-state index >= 15 is 0 Å². The number of amides is 1. The number of thiazole rings is 1. The van der Waals surface area contributed by atoms with Gasteiger partial charge in [-0.1, -0.05) is 5.16 Å². The van der Waals surface area contributed by atoms with Crippen LogP contribution in [-0.2, 0) is 14.4 Å². The molecule has 1 amide bonds. The van der Waals surface area contributed by atoms with Crippen LogP contribution >= 0.6 is 11.3 Å². The van der Waals surface area contributed by atoms with E-state index in [1.54, 1.807) is 0 Å². The Hall–Kier alpha value is -2.16. The number of oxime groups is 1. The summed E-state index contributed by atoms with van der Waals surface area (Å²) >= 11 is 1.10. The maximum atomic E-state index is 11.2. The van der Waals surface area contributed by atoms with Crippen molar-refractivity contribution in [2.75, 3.05) is 12.3 Å². The Bertz CT molecular complexity index is 512. The highest BCUT2D eigenvalue weighted by Gasteiger charge is 2.27. The van der Waals surface area contributed by atoms with Crippen LogP contribution in [0.15, 0.2) is 10.5 Å². The normalized spacial score (nSPS) is 19.7. The number of nitrogens with zero attached hydrogens (tertiary/aromatic N) is 2. The average Bonchev–Trinajstić information content (AvgIpc) is 2.89. The second kappa shape index (κ2) is 5.00. The van der Waals surface area contributed by atoms with Crippen molar-refractivity contribution in [3.05, 3.63) is 11.1 Å². The first kappa shape index (κ1) is 12.3. The molecule has 2 rings (SSSR count). The van der Waals surface area contributed by atoms with E-state index in [2.05, 4.69) is 15.5 Å². The minimum Gasteiger partial charge on any atom is -0.476 e. The molecule has 8 nitrogen and oxygen atoms in total. The number of carboxylic acid groups (broad SMARTS) is 1. The number of nitrogen functional groups attached to an aromatic ring is 1. The van der Waals surface area contributed by atoms with E-state index < -0.39 is 12.1 Å². The predicted molar refractivity (Wildman–Crippen MR) is 63.2 cm³/mol. The molecule has 0 bridgehead atoms. The summed E-state index contributed by atoms with van der Waals surface area (Å²) in [5, 5.41) is 16.7. The standard InChI is InChI=1S/C9H10N4O4S/c10-9-12-4(3-18-9)6(8(15)16)13-17-5-1-2-11-7(5)14/h3,5H,1-2H2,(H2,10,12)(H,11,14)(H,15,16)/t5-/m1/s1. The fraction of sp³-hybridized carbons (Fsp3) is 0.333. The number of aromatic nitrogens is 1. The molecule has 0 aromatic carbocycles. The van der Waals surface area contributed by atoms with Gasteiger partial charge in [0.25, 0.3) is 5.91 Å². The average molecular weight is 270 g/mol. The molecule has 1 aliphatic heterocycles. The number of carboxylic acids is 1. The van der Waals surface area contributed by atoms with Gasteiger partial charge in [-0.15, -0.1) is 11.3 Å². The second-order valence-corrected chi connectivity index (χ2v) is 4.38. The van der Waals surface area contributed by atoms with Gasteiger partial charge in [-0.25, -0.2) is 9.78 Å². The molecule has 1 atom stereocenters. The lowest BCUT2D eigenvalue weighted by Crippen LogP contribution is -2.25. The smallest absolute Gasteiger partial charge is 0.360 e. The summed E-state index contributed by atoms with van der Waals surface area (Å²) in [6.45, 7) is 0.491. The quantitative estimate of drug-likeness (QED) is 0.496. The molecule has 1 aromatic rings. The molecule has 0 aliphatic carbocycles. The highest BCUT2D eigenvalue weighted by Crippen LogP contribution is 2.13. The fourth-order valence-electron chi connectivity index (χ4n) is 1.38. The summed E-state index contributed by atoms with van der Waals surface area (Å²) in [5.74, 6) is -1.60. The lowest BCUT2D eigenvalue weighted by Gasteiger charge is -2.04. The molecule has 18 heavy (non-hydrogen) atoms. The maximum Gasteiger partial charge on any atom is 0.360 e. The topological polar surface area (TPSA) is 127 Å². The van der Waals surface area contributed by atoms with Gasteiger partial charge >= 0.3 is 5.97 Å². The van der Waals surface area contributed by atoms with E-state index in [1.807, 2.05) is 0 Å². The van der Waals surface area contributed by atoms with Gasteiger partial charge in [0.15, 0.2) is 5.13 Å². The zero-order chi connectivity index (χ0) is 13.1. The minimum atomic E-state index is -1.29. The lowest BCUT2D eigenvalue weighted by atomic mass is 10.3. The van der Waals surface area contributed by atoms with E-state index in [0.717, 1.165) is 11.3 Å². The van der Waals surface area contributed by atoms with Crippen molar-refractivity contribution in [3.63, 3.8) is 0 Å². The summed E-state index contributed by atoms with van der Waals surface area (Å²) in [4.78, 5) is 30.9. The zero-order valence-electron chi connectivity index (χ0n) is 9.12. The highest BCUT2D eigenvalue weighted by atomic mass is 32.1. The van der Waals surface area contributed by atoms with Crippen LogP contribution in [0.3, 0.4) is 0 Å². The number of nitrogens with one attached hydrogen (secondary N) is 1. The predicted octanol–water partition coefficient (Wildman–Crippen LogP) is -0.581. The molecule has 2 heterocycles. The third-order valence-electron chi connectivity index (χ3n) is 2.24. The second-order valence-electron chi connectivity index (χ2n) is 3.49. The number of hydrogen-bond donors (Lipinski definition) is 3. The third-order valence-corrected chi connectivity index (χ3v) is 2.91. The summed E-state index contributed by atoms with van der Waals surface area (Å²) in [6.07, 6.45) is -0.302. The van der Waals surface area contributed by atoms with Crippen molar-refractivity contribution >= 4 is 34.1 Å². The molecule has 1 saturated heterocycles. The van der Waals surface area contributed by atoms with Crippen LogP contribution in [0.25, 0.3) is 0 Å². The number of carbonyl (C=O) groups excluding carboxylic acids is 1. The lowest BCUT2D eigenvalue weighted by molar-refractivity contribution is -0.131. The van der Waals surface area contributed by atoms with Gasteiger partial charge in [-0.2, -0.15) is 0 Å².